The van der Waals surface area contributed by atoms with Gasteiger partial charge in [0.25, 0.3) is 5.91 Å². The fourth-order valence-electron chi connectivity index (χ4n) is 4.44. The van der Waals surface area contributed by atoms with Gasteiger partial charge < -0.3 is 29.6 Å². The number of amides is 2. The number of imidazole rings is 1. The van der Waals surface area contributed by atoms with E-state index in [0.717, 1.165) is 24.2 Å². The van der Waals surface area contributed by atoms with Gasteiger partial charge in [0.2, 0.25) is 11.9 Å². The molecule has 1 fully saturated rings. The summed E-state index contributed by atoms with van der Waals surface area (Å²) in [7, 11) is 3.47. The van der Waals surface area contributed by atoms with Crippen molar-refractivity contribution in [2.24, 2.45) is 7.05 Å². The zero-order valence-electron chi connectivity index (χ0n) is 21.7. The predicted octanol–water partition coefficient (Wildman–Crippen LogP) is 4.91. The van der Waals surface area contributed by atoms with Crippen LogP contribution in [0, 0.1) is 0 Å². The Hall–Kier alpha value is -4.31. The molecule has 2 aromatic heterocycles. The molecule has 2 aromatic carbocycles. The summed E-state index contributed by atoms with van der Waals surface area (Å²) in [4.78, 5) is 35.1. The van der Waals surface area contributed by atoms with Crippen LogP contribution in [0.5, 0.6) is 17.2 Å². The molecule has 0 unspecified atom stereocenters. The maximum Gasteiger partial charge on any atom is 0.270 e. The number of carbonyl (C=O) groups is 2. The van der Waals surface area contributed by atoms with Crippen molar-refractivity contribution in [3.63, 3.8) is 0 Å². The molecule has 1 aliphatic rings. The first kappa shape index (κ1) is 26.3. The number of hydrogen-bond donors (Lipinski definition) is 2. The Bertz CT molecular complexity index is 1500. The van der Waals surface area contributed by atoms with Crippen molar-refractivity contribution >= 4 is 46.1 Å². The number of rotatable bonds is 10. The molecule has 202 valence electrons. The standard InChI is InChI=1S/C28H29ClN6O4/c1-34-23-17-24(38-2)25(16-21(23)33-28(34)32-19-8-6-18(29)7-9-19)39-20-10-12-30-22(15-20)27(37)31-11-4-14-35-13-3-5-26(35)36/h6-10,12,15-17H,3-5,11,13-14H2,1-2H3,(H,31,37)(H,32,33). The fraction of sp³-hybridized carbons (Fsp3) is 0.286. The zero-order valence-corrected chi connectivity index (χ0v) is 22.5. The lowest BCUT2D eigenvalue weighted by Crippen LogP contribution is -2.30. The number of ether oxygens (including phenoxy) is 2. The number of pyridine rings is 1. The Balaban J connectivity index is 1.27. The summed E-state index contributed by atoms with van der Waals surface area (Å²) in [5.74, 6) is 1.92. The van der Waals surface area contributed by atoms with Crippen LogP contribution in [-0.2, 0) is 11.8 Å². The zero-order chi connectivity index (χ0) is 27.4. The van der Waals surface area contributed by atoms with E-state index in [1.165, 1.54) is 6.20 Å². The van der Waals surface area contributed by atoms with Crippen LogP contribution in [0.15, 0.2) is 54.7 Å². The van der Waals surface area contributed by atoms with E-state index in [-0.39, 0.29) is 17.5 Å². The van der Waals surface area contributed by atoms with Gasteiger partial charge in [-0.3, -0.25) is 14.6 Å². The SMILES string of the molecule is COc1cc2c(cc1Oc1ccnc(C(=O)NCCCN3CCCC3=O)c1)nc(Nc1ccc(Cl)cc1)n2C. The molecule has 2 amide bonds. The minimum absolute atomic E-state index is 0.182. The Morgan fingerprint density at radius 1 is 1.13 bits per heavy atom. The number of nitrogens with one attached hydrogen (secondary N) is 2. The van der Waals surface area contributed by atoms with Gasteiger partial charge in [0, 0.05) is 68.2 Å². The molecule has 0 saturated carbocycles. The molecule has 0 aliphatic carbocycles. The van der Waals surface area contributed by atoms with Crippen LogP contribution >= 0.6 is 11.6 Å². The number of hydrogen-bond acceptors (Lipinski definition) is 7. The van der Waals surface area contributed by atoms with Gasteiger partial charge in [-0.2, -0.15) is 0 Å². The first-order valence-electron chi connectivity index (χ1n) is 12.7. The molecular formula is C28H29ClN6O4. The second-order valence-corrected chi connectivity index (χ2v) is 9.63. The Labute approximate surface area is 230 Å². The molecule has 1 aliphatic heterocycles. The molecule has 10 nitrogen and oxygen atoms in total. The lowest BCUT2D eigenvalue weighted by molar-refractivity contribution is -0.127. The Morgan fingerprint density at radius 2 is 1.95 bits per heavy atom. The molecule has 11 heteroatoms. The molecule has 5 rings (SSSR count). The maximum atomic E-state index is 12.7. The summed E-state index contributed by atoms with van der Waals surface area (Å²) in [6.07, 6.45) is 3.72. The lowest BCUT2D eigenvalue weighted by Gasteiger charge is -2.15. The minimum atomic E-state index is -0.307. The first-order valence-corrected chi connectivity index (χ1v) is 13.1. The molecule has 39 heavy (non-hydrogen) atoms. The van der Waals surface area contributed by atoms with E-state index in [2.05, 4.69) is 15.6 Å². The van der Waals surface area contributed by atoms with E-state index in [9.17, 15) is 9.59 Å². The predicted molar refractivity (Wildman–Crippen MR) is 149 cm³/mol. The monoisotopic (exact) mass is 548 g/mol. The highest BCUT2D eigenvalue weighted by Crippen LogP contribution is 2.36. The van der Waals surface area contributed by atoms with Gasteiger partial charge in [0.05, 0.1) is 18.1 Å². The lowest BCUT2D eigenvalue weighted by atomic mass is 10.2. The Morgan fingerprint density at radius 3 is 2.69 bits per heavy atom. The molecule has 0 spiro atoms. The third-order valence-electron chi connectivity index (χ3n) is 6.52. The van der Waals surface area contributed by atoms with Crippen molar-refractivity contribution in [2.75, 3.05) is 32.1 Å². The van der Waals surface area contributed by atoms with Crippen LogP contribution in [0.2, 0.25) is 5.02 Å². The van der Waals surface area contributed by atoms with Gasteiger partial charge in [-0.1, -0.05) is 11.6 Å². The van der Waals surface area contributed by atoms with E-state index in [1.807, 2.05) is 46.8 Å². The van der Waals surface area contributed by atoms with Crippen LogP contribution < -0.4 is 20.1 Å². The van der Waals surface area contributed by atoms with Crippen molar-refractivity contribution in [3.05, 3.63) is 65.4 Å². The summed E-state index contributed by atoms with van der Waals surface area (Å²) in [5.41, 5.74) is 2.64. The maximum absolute atomic E-state index is 12.7. The van der Waals surface area contributed by atoms with Crippen LogP contribution in [0.4, 0.5) is 11.6 Å². The summed E-state index contributed by atoms with van der Waals surface area (Å²) in [5, 5.41) is 6.81. The van der Waals surface area contributed by atoms with Gasteiger partial charge in [-0.15, -0.1) is 0 Å². The number of anilines is 2. The first-order chi connectivity index (χ1) is 18.9. The number of nitrogens with zero attached hydrogens (tertiary/aromatic N) is 4. The van der Waals surface area contributed by atoms with Crippen molar-refractivity contribution in [2.45, 2.75) is 19.3 Å². The highest BCUT2D eigenvalue weighted by molar-refractivity contribution is 6.30. The van der Waals surface area contributed by atoms with Gasteiger partial charge >= 0.3 is 0 Å². The molecular weight excluding hydrogens is 520 g/mol. The molecule has 3 heterocycles. The second kappa shape index (κ2) is 11.6. The largest absolute Gasteiger partial charge is 0.493 e. The number of methoxy groups -OCH3 is 1. The van der Waals surface area contributed by atoms with Crippen molar-refractivity contribution in [3.8, 4) is 17.2 Å². The van der Waals surface area contributed by atoms with Crippen LogP contribution in [0.25, 0.3) is 11.0 Å². The second-order valence-electron chi connectivity index (χ2n) is 9.19. The van der Waals surface area contributed by atoms with Crippen LogP contribution in [-0.4, -0.2) is 58.0 Å². The van der Waals surface area contributed by atoms with E-state index < -0.39 is 0 Å². The van der Waals surface area contributed by atoms with Gasteiger partial charge in [0.15, 0.2) is 11.5 Å². The number of aryl methyl sites for hydroxylation is 1. The highest BCUT2D eigenvalue weighted by atomic mass is 35.5. The van der Waals surface area contributed by atoms with E-state index in [0.29, 0.717) is 59.7 Å². The summed E-state index contributed by atoms with van der Waals surface area (Å²) < 4.78 is 13.6. The van der Waals surface area contributed by atoms with E-state index >= 15 is 0 Å². The topological polar surface area (TPSA) is 111 Å². The number of benzene rings is 2. The number of fused-ring (bicyclic) bond motifs is 1. The third kappa shape index (κ3) is 6.06. The quantitative estimate of drug-likeness (QED) is 0.271. The normalized spacial score (nSPS) is 13.1. The van der Waals surface area contributed by atoms with Gasteiger partial charge in [-0.05, 0) is 43.2 Å². The Kier molecular flexibility index (Phi) is 7.83. The molecule has 0 atom stereocenters. The smallest absolute Gasteiger partial charge is 0.270 e. The number of halogens is 1. The minimum Gasteiger partial charge on any atom is -0.493 e. The summed E-state index contributed by atoms with van der Waals surface area (Å²) >= 11 is 6.00. The average molecular weight is 549 g/mol. The highest BCUT2D eigenvalue weighted by Gasteiger charge is 2.19. The van der Waals surface area contributed by atoms with E-state index in [4.69, 9.17) is 26.1 Å². The van der Waals surface area contributed by atoms with Crippen molar-refractivity contribution in [1.82, 2.24) is 24.8 Å². The molecule has 4 aromatic rings. The summed E-state index contributed by atoms with van der Waals surface area (Å²) in [6, 6.07) is 14.3. The summed E-state index contributed by atoms with van der Waals surface area (Å²) in [6.45, 7) is 1.88. The molecule has 0 bridgehead atoms. The molecule has 1 saturated heterocycles. The average Bonchev–Trinajstić information content (AvgIpc) is 3.48. The van der Waals surface area contributed by atoms with Crippen LogP contribution in [0.3, 0.4) is 0 Å². The van der Waals surface area contributed by atoms with Gasteiger partial charge in [0.1, 0.15) is 11.4 Å². The number of likely N-dealkylation sites (tertiary alicyclic amines) is 1. The molecule has 2 N–H and O–H groups in total. The number of carbonyl (C=O) groups excluding carboxylic acids is 2. The molecule has 0 radical (unpaired) electrons. The van der Waals surface area contributed by atoms with Gasteiger partial charge in [-0.25, -0.2) is 4.98 Å². The van der Waals surface area contributed by atoms with Crippen molar-refractivity contribution < 1.29 is 19.1 Å². The number of aromatic nitrogens is 3. The van der Waals surface area contributed by atoms with E-state index in [1.54, 1.807) is 25.3 Å². The van der Waals surface area contributed by atoms with Crippen molar-refractivity contribution in [1.29, 1.82) is 0 Å². The van der Waals surface area contributed by atoms with Crippen LogP contribution in [0.1, 0.15) is 29.8 Å². The fourth-order valence-corrected chi connectivity index (χ4v) is 4.57. The third-order valence-corrected chi connectivity index (χ3v) is 6.77.